The predicted octanol–water partition coefficient (Wildman–Crippen LogP) is 3.58. The number of halogens is 2. The van der Waals surface area contributed by atoms with Crippen LogP contribution >= 0.6 is 0 Å². The lowest BCUT2D eigenvalue weighted by Gasteiger charge is -2.34. The zero-order valence-corrected chi connectivity index (χ0v) is 25.7. The Hall–Kier alpha value is -3.59. The number of anilines is 3. The number of piperazine rings is 1. The van der Waals surface area contributed by atoms with E-state index >= 15 is 0 Å². The summed E-state index contributed by atoms with van der Waals surface area (Å²) >= 11 is 0. The van der Waals surface area contributed by atoms with E-state index in [4.69, 9.17) is 4.74 Å². The molecule has 0 unspecified atom stereocenters. The molecule has 5 rings (SSSR count). The van der Waals surface area contributed by atoms with Crippen molar-refractivity contribution in [2.75, 3.05) is 62.5 Å². The summed E-state index contributed by atoms with van der Waals surface area (Å²) in [6.07, 6.45) is 0. The van der Waals surface area contributed by atoms with Gasteiger partial charge in [-0.3, -0.25) is 9.89 Å². The van der Waals surface area contributed by atoms with E-state index in [0.29, 0.717) is 35.2 Å². The second-order valence-electron chi connectivity index (χ2n) is 11.6. The average molecular weight is 618 g/mol. The van der Waals surface area contributed by atoms with Crippen LogP contribution in [0.2, 0.25) is 0 Å². The topological polar surface area (TPSA) is 123 Å². The van der Waals surface area contributed by atoms with E-state index in [9.17, 15) is 22.0 Å². The van der Waals surface area contributed by atoms with Crippen LogP contribution in [0.4, 0.5) is 26.0 Å². The summed E-state index contributed by atoms with van der Waals surface area (Å²) < 4.78 is 61.2. The van der Waals surface area contributed by atoms with Gasteiger partial charge in [0.05, 0.1) is 28.3 Å². The second-order valence-corrected chi connectivity index (χ2v) is 13.4. The first kappa shape index (κ1) is 30.9. The lowest BCUT2D eigenvalue weighted by molar-refractivity contribution is 0.102. The van der Waals surface area contributed by atoms with Crippen molar-refractivity contribution in [3.05, 3.63) is 64.9 Å². The summed E-state index contributed by atoms with van der Waals surface area (Å²) in [4.78, 5) is 17.7. The summed E-state index contributed by atoms with van der Waals surface area (Å²) in [6.45, 7) is 9.15. The zero-order valence-electron chi connectivity index (χ0n) is 24.9. The molecule has 0 saturated carbocycles. The van der Waals surface area contributed by atoms with Crippen LogP contribution in [-0.4, -0.2) is 86.7 Å². The maximum atomic E-state index is 13.9. The van der Waals surface area contributed by atoms with Gasteiger partial charge in [-0.25, -0.2) is 17.2 Å². The normalized spacial score (nSPS) is 18.0. The third-order valence-corrected chi connectivity index (χ3v) is 9.99. The minimum atomic E-state index is -4.31. The lowest BCUT2D eigenvalue weighted by atomic mass is 10.0. The maximum Gasteiger partial charge on any atom is 0.258 e. The molecule has 11 nitrogen and oxygen atoms in total. The molecule has 1 atom stereocenters. The Labute approximate surface area is 250 Å². The van der Waals surface area contributed by atoms with E-state index in [0.717, 1.165) is 48.3 Å². The van der Waals surface area contributed by atoms with Gasteiger partial charge in [0.2, 0.25) is 10.0 Å². The summed E-state index contributed by atoms with van der Waals surface area (Å²) in [5.41, 5.74) is 1.81. The summed E-state index contributed by atoms with van der Waals surface area (Å²) in [7, 11) is -0.606. The number of aromatic amines is 1. The number of nitrogens with zero attached hydrogens (tertiary/aromatic N) is 4. The molecule has 1 amide bonds. The molecule has 1 saturated heterocycles. The van der Waals surface area contributed by atoms with Gasteiger partial charge in [-0.15, -0.1) is 0 Å². The van der Waals surface area contributed by atoms with Gasteiger partial charge in [-0.1, -0.05) is 0 Å². The highest BCUT2D eigenvalue weighted by Gasteiger charge is 2.48. The molecule has 232 valence electrons. The standard InChI is InChI=1S/C29H37F2N7O4S/c1-18(17-42-5)32-25-15-21(37-10-8-36(4)9-11-37)6-7-23(25)28(39)33-27-24-16-38(29(2,3)26(24)34-35-27)43(40,41)22-13-19(30)12-20(31)14-22/h6-7,12-15,18,32H,8-11,16-17H2,1-5H3,(H2,33,34,35,39)/t18-/m0/s1. The molecule has 1 aromatic heterocycles. The Balaban J connectivity index is 1.42. The van der Waals surface area contributed by atoms with Crippen molar-refractivity contribution >= 4 is 33.1 Å². The monoisotopic (exact) mass is 617 g/mol. The van der Waals surface area contributed by atoms with E-state index in [1.807, 2.05) is 19.1 Å². The van der Waals surface area contributed by atoms with Crippen molar-refractivity contribution in [1.82, 2.24) is 19.4 Å². The molecule has 0 aliphatic carbocycles. The second kappa shape index (κ2) is 11.8. The van der Waals surface area contributed by atoms with Gasteiger partial charge in [0.15, 0.2) is 5.82 Å². The molecule has 0 bridgehead atoms. The summed E-state index contributed by atoms with van der Waals surface area (Å²) in [5, 5.41) is 13.4. The van der Waals surface area contributed by atoms with Gasteiger partial charge in [0, 0.05) is 68.9 Å². The number of aromatic nitrogens is 2. The fourth-order valence-corrected chi connectivity index (χ4v) is 7.40. The van der Waals surface area contributed by atoms with Crippen LogP contribution in [0.3, 0.4) is 0 Å². The number of carbonyl (C=O) groups excluding carboxylic acids is 1. The SMILES string of the molecule is COC[C@H](C)Nc1cc(N2CCN(C)CC2)ccc1C(=O)Nc1n[nH]c2c1CN(S(=O)(=O)c1cc(F)cc(F)c1)C2(C)C. The Kier molecular flexibility index (Phi) is 8.49. The number of nitrogens with one attached hydrogen (secondary N) is 3. The number of hydrogen-bond acceptors (Lipinski definition) is 8. The van der Waals surface area contributed by atoms with Gasteiger partial charge in [0.25, 0.3) is 5.91 Å². The van der Waals surface area contributed by atoms with Crippen LogP contribution in [-0.2, 0) is 26.8 Å². The molecule has 14 heteroatoms. The molecule has 43 heavy (non-hydrogen) atoms. The number of fused-ring (bicyclic) bond motifs is 1. The van der Waals surface area contributed by atoms with Crippen LogP contribution in [0.15, 0.2) is 41.3 Å². The number of rotatable bonds is 9. The number of methoxy groups -OCH3 is 1. The van der Waals surface area contributed by atoms with Crippen LogP contribution in [0.25, 0.3) is 0 Å². The number of ether oxygens (including phenoxy) is 1. The van der Waals surface area contributed by atoms with Gasteiger partial charge < -0.3 is 25.2 Å². The molecule has 0 radical (unpaired) electrons. The highest BCUT2D eigenvalue weighted by atomic mass is 32.2. The van der Waals surface area contributed by atoms with Gasteiger partial charge in [0.1, 0.15) is 11.6 Å². The molecule has 2 aliphatic rings. The molecule has 3 heterocycles. The van der Waals surface area contributed by atoms with Crippen LogP contribution < -0.4 is 15.5 Å². The Morgan fingerprint density at radius 3 is 2.44 bits per heavy atom. The van der Waals surface area contributed by atoms with E-state index in [-0.39, 0.29) is 18.4 Å². The zero-order chi connectivity index (χ0) is 31.1. The molecule has 1 fully saturated rings. The fourth-order valence-electron chi connectivity index (χ4n) is 5.63. The Morgan fingerprint density at radius 1 is 1.12 bits per heavy atom. The Morgan fingerprint density at radius 2 is 1.79 bits per heavy atom. The molecule has 2 aromatic carbocycles. The third kappa shape index (κ3) is 6.09. The quantitative estimate of drug-likeness (QED) is 0.333. The summed E-state index contributed by atoms with van der Waals surface area (Å²) in [5.74, 6) is -2.24. The number of H-pyrrole nitrogens is 1. The molecule has 3 N–H and O–H groups in total. The first-order chi connectivity index (χ1) is 20.3. The van der Waals surface area contributed by atoms with E-state index < -0.39 is 38.0 Å². The molecule has 2 aliphatic heterocycles. The first-order valence-corrected chi connectivity index (χ1v) is 15.5. The van der Waals surface area contributed by atoms with E-state index in [1.54, 1.807) is 27.0 Å². The lowest BCUT2D eigenvalue weighted by Crippen LogP contribution is -2.44. The van der Waals surface area contributed by atoms with Gasteiger partial charge >= 0.3 is 0 Å². The van der Waals surface area contributed by atoms with Crippen LogP contribution in [0.5, 0.6) is 0 Å². The molecular formula is C29H37F2N7O4S. The molecular weight excluding hydrogens is 580 g/mol. The number of hydrogen-bond donors (Lipinski definition) is 3. The highest BCUT2D eigenvalue weighted by Crippen LogP contribution is 2.44. The van der Waals surface area contributed by atoms with Gasteiger partial charge in [-0.05, 0) is 58.2 Å². The summed E-state index contributed by atoms with van der Waals surface area (Å²) in [6, 6.07) is 7.73. The minimum absolute atomic E-state index is 0.0823. The van der Waals surface area contributed by atoms with Gasteiger partial charge in [-0.2, -0.15) is 9.40 Å². The van der Waals surface area contributed by atoms with Crippen molar-refractivity contribution in [3.63, 3.8) is 0 Å². The number of benzene rings is 2. The third-order valence-electron chi connectivity index (χ3n) is 7.99. The fraction of sp³-hybridized carbons (Fsp3) is 0.448. The molecule has 3 aromatic rings. The Bertz CT molecular complexity index is 1600. The van der Waals surface area contributed by atoms with Crippen LogP contribution in [0, 0.1) is 11.6 Å². The largest absolute Gasteiger partial charge is 0.383 e. The van der Waals surface area contributed by atoms with Crippen molar-refractivity contribution in [2.45, 2.75) is 43.8 Å². The van der Waals surface area contributed by atoms with Crippen molar-refractivity contribution in [2.24, 2.45) is 0 Å². The number of amides is 1. The van der Waals surface area contributed by atoms with Crippen molar-refractivity contribution in [3.8, 4) is 0 Å². The highest BCUT2D eigenvalue weighted by molar-refractivity contribution is 7.89. The first-order valence-electron chi connectivity index (χ1n) is 14.0. The smallest absolute Gasteiger partial charge is 0.258 e. The number of likely N-dealkylation sites (N-methyl/N-ethyl adjacent to an activating group) is 1. The van der Waals surface area contributed by atoms with Crippen LogP contribution in [0.1, 0.15) is 42.4 Å². The van der Waals surface area contributed by atoms with Crippen molar-refractivity contribution in [1.29, 1.82) is 0 Å². The number of carbonyl (C=O) groups is 1. The van der Waals surface area contributed by atoms with E-state index in [2.05, 4.69) is 37.7 Å². The number of sulfonamides is 1. The minimum Gasteiger partial charge on any atom is -0.383 e. The predicted molar refractivity (Wildman–Crippen MR) is 160 cm³/mol. The maximum absolute atomic E-state index is 13.9. The van der Waals surface area contributed by atoms with E-state index in [1.165, 1.54) is 0 Å². The average Bonchev–Trinajstić information content (AvgIpc) is 3.46. The molecule has 0 spiro atoms. The van der Waals surface area contributed by atoms with Crippen molar-refractivity contribution < 1.29 is 26.7 Å².